The van der Waals surface area contributed by atoms with Crippen LogP contribution >= 0.6 is 15.9 Å². The van der Waals surface area contributed by atoms with Gasteiger partial charge in [-0.15, -0.1) is 0 Å². The number of aromatic carboxylic acids is 1. The van der Waals surface area contributed by atoms with Crippen LogP contribution in [0.25, 0.3) is 11.4 Å². The van der Waals surface area contributed by atoms with Crippen molar-refractivity contribution in [2.45, 2.75) is 0 Å². The molecular formula is C12H9BrFN3O2. The van der Waals surface area contributed by atoms with Crippen LogP contribution in [0.4, 0.5) is 10.2 Å². The van der Waals surface area contributed by atoms with Gasteiger partial charge >= 0.3 is 5.97 Å². The number of carboxylic acids is 1. The first-order valence-corrected chi connectivity index (χ1v) is 6.05. The van der Waals surface area contributed by atoms with Crippen LogP contribution in [0, 0.1) is 5.82 Å². The molecule has 0 bridgehead atoms. The summed E-state index contributed by atoms with van der Waals surface area (Å²) < 4.78 is 14.4. The number of hydrogen-bond acceptors (Lipinski definition) is 4. The molecule has 2 N–H and O–H groups in total. The predicted octanol–water partition coefficient (Wildman–Crippen LogP) is 2.79. The molecule has 0 spiro atoms. The summed E-state index contributed by atoms with van der Waals surface area (Å²) in [4.78, 5) is 18.9. The average molecular weight is 326 g/mol. The van der Waals surface area contributed by atoms with Crippen molar-refractivity contribution in [2.24, 2.45) is 0 Å². The van der Waals surface area contributed by atoms with Crippen molar-refractivity contribution in [3.63, 3.8) is 0 Å². The number of nitrogens with one attached hydrogen (secondary N) is 1. The Hall–Kier alpha value is -2.02. The lowest BCUT2D eigenvalue weighted by Gasteiger charge is -2.07. The minimum absolute atomic E-state index is 0.0679. The Morgan fingerprint density at radius 2 is 2.21 bits per heavy atom. The molecule has 0 aliphatic heterocycles. The van der Waals surface area contributed by atoms with Gasteiger partial charge in [-0.2, -0.15) is 0 Å². The van der Waals surface area contributed by atoms with Crippen LogP contribution < -0.4 is 5.32 Å². The molecule has 2 rings (SSSR count). The normalized spacial score (nSPS) is 10.3. The van der Waals surface area contributed by atoms with Gasteiger partial charge in [-0.05, 0) is 18.2 Å². The third-order valence-electron chi connectivity index (χ3n) is 2.43. The van der Waals surface area contributed by atoms with Gasteiger partial charge in [-0.1, -0.05) is 15.9 Å². The first-order chi connectivity index (χ1) is 9.02. The molecule has 1 heterocycles. The van der Waals surface area contributed by atoms with Gasteiger partial charge in [-0.25, -0.2) is 19.2 Å². The van der Waals surface area contributed by atoms with Crippen molar-refractivity contribution >= 4 is 27.7 Å². The number of carboxylic acid groups (broad SMARTS) is 1. The van der Waals surface area contributed by atoms with Crippen molar-refractivity contribution in [1.82, 2.24) is 9.97 Å². The molecule has 0 fully saturated rings. The molecule has 19 heavy (non-hydrogen) atoms. The summed E-state index contributed by atoms with van der Waals surface area (Å²) in [6, 6.07) is 4.38. The van der Waals surface area contributed by atoms with Crippen molar-refractivity contribution in [2.75, 3.05) is 12.4 Å². The lowest BCUT2D eigenvalue weighted by Crippen LogP contribution is -2.07. The number of benzene rings is 1. The Bertz CT molecular complexity index is 649. The van der Waals surface area contributed by atoms with E-state index in [0.717, 1.165) is 6.20 Å². The van der Waals surface area contributed by atoms with E-state index in [2.05, 4.69) is 31.2 Å². The van der Waals surface area contributed by atoms with Gasteiger partial charge in [0.15, 0.2) is 5.82 Å². The molecule has 5 nitrogen and oxygen atoms in total. The van der Waals surface area contributed by atoms with Gasteiger partial charge in [0.2, 0.25) is 0 Å². The van der Waals surface area contributed by atoms with Gasteiger partial charge in [-0.3, -0.25) is 0 Å². The fourth-order valence-electron chi connectivity index (χ4n) is 1.53. The second-order valence-electron chi connectivity index (χ2n) is 3.64. The predicted molar refractivity (Wildman–Crippen MR) is 71.6 cm³/mol. The van der Waals surface area contributed by atoms with Crippen LogP contribution in [0.5, 0.6) is 0 Å². The van der Waals surface area contributed by atoms with Crippen LogP contribution in [0.2, 0.25) is 0 Å². The highest BCUT2D eigenvalue weighted by molar-refractivity contribution is 9.10. The Morgan fingerprint density at radius 3 is 2.84 bits per heavy atom. The third kappa shape index (κ3) is 2.70. The Balaban J connectivity index is 2.57. The smallest absolute Gasteiger partial charge is 0.341 e. The Labute approximate surface area is 116 Å². The van der Waals surface area contributed by atoms with Gasteiger partial charge < -0.3 is 10.4 Å². The van der Waals surface area contributed by atoms with Crippen LogP contribution in [0.15, 0.2) is 28.9 Å². The molecule has 0 unspecified atom stereocenters. The van der Waals surface area contributed by atoms with E-state index < -0.39 is 11.8 Å². The maximum atomic E-state index is 13.7. The minimum atomic E-state index is -1.15. The minimum Gasteiger partial charge on any atom is -0.477 e. The molecule has 0 amide bonds. The summed E-state index contributed by atoms with van der Waals surface area (Å²) in [6.07, 6.45) is 1.15. The molecule has 0 aliphatic rings. The van der Waals surface area contributed by atoms with Crippen molar-refractivity contribution in [3.8, 4) is 11.4 Å². The standard InChI is InChI=1S/C12H9BrFN3O2/c1-15-10-8(12(18)19)5-16-11(17-10)7-4-6(13)2-3-9(7)14/h2-5H,1H3,(H,18,19)(H,15,16,17). The maximum absolute atomic E-state index is 13.7. The number of aromatic nitrogens is 2. The lowest BCUT2D eigenvalue weighted by molar-refractivity contribution is 0.0697. The number of rotatable bonds is 3. The third-order valence-corrected chi connectivity index (χ3v) is 2.92. The molecule has 0 saturated heterocycles. The SMILES string of the molecule is CNc1nc(-c2cc(Br)ccc2F)ncc1C(=O)O. The molecule has 98 valence electrons. The number of anilines is 1. The molecule has 0 radical (unpaired) electrons. The average Bonchev–Trinajstić information content (AvgIpc) is 2.40. The van der Waals surface area contributed by atoms with E-state index in [4.69, 9.17) is 5.11 Å². The topological polar surface area (TPSA) is 75.1 Å². The van der Waals surface area contributed by atoms with Crippen molar-refractivity contribution in [3.05, 3.63) is 40.2 Å². The van der Waals surface area contributed by atoms with E-state index in [1.807, 2.05) is 0 Å². The number of hydrogen-bond donors (Lipinski definition) is 2. The first kappa shape index (κ1) is 13.4. The molecular weight excluding hydrogens is 317 g/mol. The summed E-state index contributed by atoms with van der Waals surface area (Å²) in [6.45, 7) is 0. The van der Waals surface area contributed by atoms with Crippen LogP contribution in [-0.4, -0.2) is 28.1 Å². The molecule has 1 aromatic carbocycles. The van der Waals surface area contributed by atoms with E-state index in [9.17, 15) is 9.18 Å². The summed E-state index contributed by atoms with van der Waals surface area (Å²) in [5.74, 6) is -1.37. The van der Waals surface area contributed by atoms with Crippen molar-refractivity contribution in [1.29, 1.82) is 0 Å². The van der Waals surface area contributed by atoms with Gasteiger partial charge in [0, 0.05) is 17.7 Å². The zero-order chi connectivity index (χ0) is 14.0. The number of nitrogens with zero attached hydrogens (tertiary/aromatic N) is 2. The molecule has 2 aromatic rings. The highest BCUT2D eigenvalue weighted by atomic mass is 79.9. The summed E-state index contributed by atoms with van der Waals surface area (Å²) in [7, 11) is 1.54. The highest BCUT2D eigenvalue weighted by Crippen LogP contribution is 2.25. The Kier molecular flexibility index (Phi) is 3.75. The molecule has 0 aliphatic carbocycles. The number of carbonyl (C=O) groups is 1. The highest BCUT2D eigenvalue weighted by Gasteiger charge is 2.15. The van der Waals surface area contributed by atoms with E-state index in [1.165, 1.54) is 19.2 Å². The van der Waals surface area contributed by atoms with Gasteiger partial charge in [0.25, 0.3) is 0 Å². The summed E-state index contributed by atoms with van der Waals surface area (Å²) in [5.41, 5.74) is 0.129. The van der Waals surface area contributed by atoms with E-state index in [1.54, 1.807) is 6.07 Å². The summed E-state index contributed by atoms with van der Waals surface area (Å²) >= 11 is 3.23. The molecule has 7 heteroatoms. The van der Waals surface area contributed by atoms with E-state index >= 15 is 0 Å². The fraction of sp³-hybridized carbons (Fsp3) is 0.0833. The second kappa shape index (κ2) is 5.31. The van der Waals surface area contributed by atoms with Gasteiger partial charge in [0.05, 0.1) is 5.56 Å². The second-order valence-corrected chi connectivity index (χ2v) is 4.55. The summed E-state index contributed by atoms with van der Waals surface area (Å²) in [5, 5.41) is 11.6. The number of halogens is 2. The first-order valence-electron chi connectivity index (χ1n) is 5.26. The molecule has 0 saturated carbocycles. The zero-order valence-corrected chi connectivity index (χ0v) is 11.4. The van der Waals surface area contributed by atoms with Crippen LogP contribution in [0.3, 0.4) is 0 Å². The van der Waals surface area contributed by atoms with Crippen LogP contribution in [0.1, 0.15) is 10.4 Å². The zero-order valence-electron chi connectivity index (χ0n) is 9.82. The largest absolute Gasteiger partial charge is 0.477 e. The fourth-order valence-corrected chi connectivity index (χ4v) is 1.89. The lowest BCUT2D eigenvalue weighted by atomic mass is 10.2. The van der Waals surface area contributed by atoms with E-state index in [0.29, 0.717) is 4.47 Å². The maximum Gasteiger partial charge on any atom is 0.341 e. The van der Waals surface area contributed by atoms with Crippen molar-refractivity contribution < 1.29 is 14.3 Å². The quantitative estimate of drug-likeness (QED) is 0.907. The molecule has 1 aromatic heterocycles. The van der Waals surface area contributed by atoms with E-state index in [-0.39, 0.29) is 22.8 Å². The van der Waals surface area contributed by atoms with Crippen LogP contribution in [-0.2, 0) is 0 Å². The van der Waals surface area contributed by atoms with Gasteiger partial charge in [0.1, 0.15) is 17.2 Å². The molecule has 0 atom stereocenters. The monoisotopic (exact) mass is 325 g/mol. The Morgan fingerprint density at radius 1 is 1.47 bits per heavy atom.